The highest BCUT2D eigenvalue weighted by Gasteiger charge is 2.23. The van der Waals surface area contributed by atoms with Crippen molar-refractivity contribution in [3.05, 3.63) is 41.7 Å². The lowest BCUT2D eigenvalue weighted by molar-refractivity contribution is 0.173. The smallest absolute Gasteiger partial charge is 0.186 e. The van der Waals surface area contributed by atoms with Crippen LogP contribution < -0.4 is 25.6 Å². The van der Waals surface area contributed by atoms with E-state index in [9.17, 15) is 5.26 Å². The van der Waals surface area contributed by atoms with E-state index in [1.807, 2.05) is 39.1 Å². The highest BCUT2D eigenvalue weighted by molar-refractivity contribution is 6.06. The van der Waals surface area contributed by atoms with Crippen molar-refractivity contribution in [1.29, 1.82) is 5.26 Å². The maximum absolute atomic E-state index is 9.55. The molecule has 0 saturated carbocycles. The standard InChI is InChI=1S/C22H26N8O2/c1-13(2)27-22(18-14(11-23)12-25-21(18)24-3)29-28-16-6-5-15(17-7-8-26-30(17)4)19-20(16)32-10-9-31-19/h5-8,12-13,24-25,28H,9-10H2,1-4H3,(H,27,29). The number of hydrogen-bond acceptors (Lipinski definition) is 7. The van der Waals surface area contributed by atoms with E-state index < -0.39 is 0 Å². The van der Waals surface area contributed by atoms with E-state index in [4.69, 9.17) is 9.47 Å². The van der Waals surface area contributed by atoms with E-state index in [0.717, 1.165) is 11.3 Å². The van der Waals surface area contributed by atoms with Crippen molar-refractivity contribution in [3.63, 3.8) is 0 Å². The second kappa shape index (κ2) is 8.93. The molecule has 0 amide bonds. The first-order chi connectivity index (χ1) is 15.5. The van der Waals surface area contributed by atoms with Crippen molar-refractivity contribution in [3.8, 4) is 28.8 Å². The molecule has 3 aromatic rings. The van der Waals surface area contributed by atoms with Gasteiger partial charge in [0, 0.05) is 38.1 Å². The molecule has 166 valence electrons. The molecule has 1 aromatic carbocycles. The summed E-state index contributed by atoms with van der Waals surface area (Å²) in [5.41, 5.74) is 10.0. The number of aromatic nitrogens is 3. The van der Waals surface area contributed by atoms with Crippen molar-refractivity contribution >= 4 is 17.3 Å². The Kier molecular flexibility index (Phi) is 5.89. The number of benzene rings is 1. The third-order valence-electron chi connectivity index (χ3n) is 4.98. The number of H-pyrrole nitrogens is 1. The number of aromatic amines is 1. The minimum absolute atomic E-state index is 0.00571. The third-order valence-corrected chi connectivity index (χ3v) is 4.98. The quantitative estimate of drug-likeness (QED) is 0.267. The topological polar surface area (TPSA) is 124 Å². The largest absolute Gasteiger partial charge is 0.485 e. The highest BCUT2D eigenvalue weighted by Crippen LogP contribution is 2.44. The van der Waals surface area contributed by atoms with Crippen LogP contribution in [0.2, 0.25) is 0 Å². The summed E-state index contributed by atoms with van der Waals surface area (Å²) < 4.78 is 13.7. The molecule has 10 nitrogen and oxygen atoms in total. The van der Waals surface area contributed by atoms with Crippen LogP contribution in [0.1, 0.15) is 25.0 Å². The molecule has 0 radical (unpaired) electrons. The summed E-state index contributed by atoms with van der Waals surface area (Å²) in [7, 11) is 3.67. The molecule has 4 N–H and O–H groups in total. The zero-order valence-corrected chi connectivity index (χ0v) is 18.5. The average Bonchev–Trinajstić information content (AvgIpc) is 3.41. The predicted octanol–water partition coefficient (Wildman–Crippen LogP) is 2.87. The van der Waals surface area contributed by atoms with Gasteiger partial charge in [-0.15, -0.1) is 0 Å². The van der Waals surface area contributed by atoms with Gasteiger partial charge in [-0.05, 0) is 32.0 Å². The summed E-state index contributed by atoms with van der Waals surface area (Å²) >= 11 is 0. The van der Waals surface area contributed by atoms with Crippen LogP contribution in [0.25, 0.3) is 11.3 Å². The van der Waals surface area contributed by atoms with Crippen LogP contribution in [0.5, 0.6) is 11.5 Å². The number of nitriles is 1. The number of aryl methyl sites for hydroxylation is 1. The molecule has 1 aliphatic heterocycles. The van der Waals surface area contributed by atoms with Gasteiger partial charge in [-0.25, -0.2) is 0 Å². The molecule has 0 atom stereocenters. The molecule has 0 aliphatic carbocycles. The zero-order valence-electron chi connectivity index (χ0n) is 18.5. The molecule has 0 fully saturated rings. The summed E-state index contributed by atoms with van der Waals surface area (Å²) in [6, 6.07) is 8.02. The molecule has 0 spiro atoms. The van der Waals surface area contributed by atoms with Crippen LogP contribution in [0.3, 0.4) is 0 Å². The maximum Gasteiger partial charge on any atom is 0.186 e. The van der Waals surface area contributed by atoms with Crippen LogP contribution in [0.4, 0.5) is 11.5 Å². The number of hydrazine groups is 1. The van der Waals surface area contributed by atoms with E-state index in [0.29, 0.717) is 53.2 Å². The predicted molar refractivity (Wildman–Crippen MR) is 123 cm³/mol. The number of fused-ring (bicyclic) bond motifs is 1. The molecule has 4 rings (SSSR count). The van der Waals surface area contributed by atoms with Crippen LogP contribution in [-0.4, -0.2) is 46.9 Å². The number of nitrogens with zero attached hydrogens (tertiary/aromatic N) is 4. The fraction of sp³-hybridized carbons (Fsp3) is 0.318. The minimum Gasteiger partial charge on any atom is -0.485 e. The number of amidine groups is 1. The number of aliphatic imine (C=N–C) groups is 1. The van der Waals surface area contributed by atoms with Crippen molar-refractivity contribution < 1.29 is 9.47 Å². The first-order valence-electron chi connectivity index (χ1n) is 10.3. The summed E-state index contributed by atoms with van der Waals surface area (Å²) in [5, 5.41) is 16.9. The van der Waals surface area contributed by atoms with Gasteiger partial charge in [0.25, 0.3) is 0 Å². The van der Waals surface area contributed by atoms with Gasteiger partial charge in [0.15, 0.2) is 17.3 Å². The van der Waals surface area contributed by atoms with Crippen molar-refractivity contribution in [1.82, 2.24) is 20.2 Å². The summed E-state index contributed by atoms with van der Waals surface area (Å²) in [6.07, 6.45) is 3.40. The Morgan fingerprint density at radius 1 is 1.25 bits per heavy atom. The molecule has 1 aliphatic rings. The molecular weight excluding hydrogens is 408 g/mol. The number of rotatable bonds is 6. The Labute approximate surface area is 186 Å². The first kappa shape index (κ1) is 21.1. The van der Waals surface area contributed by atoms with Gasteiger partial charge in [0.1, 0.15) is 25.1 Å². The Morgan fingerprint density at radius 3 is 2.69 bits per heavy atom. The summed E-state index contributed by atoms with van der Waals surface area (Å²) in [4.78, 5) is 7.75. The Bertz CT molecular complexity index is 1190. The second-order valence-electron chi connectivity index (χ2n) is 7.49. The highest BCUT2D eigenvalue weighted by atomic mass is 16.6. The van der Waals surface area contributed by atoms with E-state index >= 15 is 0 Å². The monoisotopic (exact) mass is 434 g/mol. The lowest BCUT2D eigenvalue weighted by atomic mass is 10.1. The van der Waals surface area contributed by atoms with Crippen LogP contribution in [0, 0.1) is 11.3 Å². The van der Waals surface area contributed by atoms with E-state index in [-0.39, 0.29) is 6.04 Å². The molecule has 2 aromatic heterocycles. The molecule has 0 bridgehead atoms. The molecule has 10 heteroatoms. The van der Waals surface area contributed by atoms with Crippen LogP contribution >= 0.6 is 0 Å². The Morgan fingerprint density at radius 2 is 2.03 bits per heavy atom. The van der Waals surface area contributed by atoms with Gasteiger partial charge in [-0.1, -0.05) is 0 Å². The fourth-order valence-electron chi connectivity index (χ4n) is 3.57. The van der Waals surface area contributed by atoms with E-state index in [2.05, 4.69) is 37.3 Å². The van der Waals surface area contributed by atoms with Crippen molar-refractivity contribution in [2.24, 2.45) is 12.0 Å². The summed E-state index contributed by atoms with van der Waals surface area (Å²) in [6.45, 7) is 4.86. The van der Waals surface area contributed by atoms with Crippen LogP contribution in [-0.2, 0) is 7.05 Å². The molecule has 0 saturated heterocycles. The lowest BCUT2D eigenvalue weighted by Crippen LogP contribution is -2.32. The molecule has 32 heavy (non-hydrogen) atoms. The number of nitrogens with one attached hydrogen (secondary N) is 4. The first-order valence-corrected chi connectivity index (χ1v) is 10.3. The second-order valence-corrected chi connectivity index (χ2v) is 7.49. The zero-order chi connectivity index (χ0) is 22.7. The minimum atomic E-state index is 0.00571. The lowest BCUT2D eigenvalue weighted by Gasteiger charge is -2.24. The van der Waals surface area contributed by atoms with Gasteiger partial charge in [0.05, 0.1) is 22.5 Å². The van der Waals surface area contributed by atoms with Gasteiger partial charge < -0.3 is 19.8 Å². The van der Waals surface area contributed by atoms with Gasteiger partial charge in [0.2, 0.25) is 0 Å². The van der Waals surface area contributed by atoms with Crippen LogP contribution in [0.15, 0.2) is 35.6 Å². The summed E-state index contributed by atoms with van der Waals surface area (Å²) in [5.74, 6) is 2.49. The number of hydrogen-bond donors (Lipinski definition) is 4. The average molecular weight is 435 g/mol. The number of anilines is 2. The molecule has 0 unspecified atom stereocenters. The normalized spacial score (nSPS) is 13.1. The third kappa shape index (κ3) is 3.92. The van der Waals surface area contributed by atoms with Crippen molar-refractivity contribution in [2.45, 2.75) is 19.9 Å². The SMILES string of the molecule is CNc1[nH]cc(C#N)c1C(=NC(C)C)NNc1ccc(-c2ccnn2C)c2c1OCCO2. The van der Waals surface area contributed by atoms with Crippen molar-refractivity contribution in [2.75, 3.05) is 31.0 Å². The Hall–Kier alpha value is -4.13. The van der Waals surface area contributed by atoms with E-state index in [1.54, 1.807) is 24.1 Å². The molecular formula is C22H26N8O2. The van der Waals surface area contributed by atoms with Gasteiger partial charge >= 0.3 is 0 Å². The van der Waals surface area contributed by atoms with Gasteiger partial charge in [-0.3, -0.25) is 20.5 Å². The fourth-order valence-corrected chi connectivity index (χ4v) is 3.57. The van der Waals surface area contributed by atoms with Gasteiger partial charge in [-0.2, -0.15) is 10.4 Å². The maximum atomic E-state index is 9.55. The molecule has 3 heterocycles. The van der Waals surface area contributed by atoms with E-state index in [1.165, 1.54) is 0 Å². The number of ether oxygens (including phenoxy) is 2. The Balaban J connectivity index is 1.69.